The zero-order valence-corrected chi connectivity index (χ0v) is 22.3. The lowest BCUT2D eigenvalue weighted by Crippen LogP contribution is -2.41. The van der Waals surface area contributed by atoms with Crippen LogP contribution in [0.5, 0.6) is 5.75 Å². The molecule has 2 saturated carbocycles. The van der Waals surface area contributed by atoms with Gasteiger partial charge in [-0.25, -0.2) is 17.2 Å². The molecular weight excluding hydrogens is 514 g/mol. The van der Waals surface area contributed by atoms with Crippen molar-refractivity contribution in [2.45, 2.75) is 100 Å². The van der Waals surface area contributed by atoms with Gasteiger partial charge in [0.15, 0.2) is 0 Å². The largest absolute Gasteiger partial charge is 0.489 e. The van der Waals surface area contributed by atoms with Crippen LogP contribution >= 0.6 is 12.4 Å². The first-order valence-corrected chi connectivity index (χ1v) is 14.1. The number of benzene rings is 1. The van der Waals surface area contributed by atoms with Gasteiger partial charge in [-0.2, -0.15) is 4.31 Å². The maximum Gasteiger partial charge on any atom is 0.322 e. The van der Waals surface area contributed by atoms with E-state index in [0.717, 1.165) is 42.1 Å². The molecule has 0 spiro atoms. The SMILES string of the molecule is Cc1ccc(S(=O)(=O)N2CCC[C@H]2C(=O)O)c(O[C@H]2CCC[C@@H](CNC3CCC(F)(F)CC3)C2)c1.Cl. The van der Waals surface area contributed by atoms with E-state index >= 15 is 0 Å². The van der Waals surface area contributed by atoms with Crippen LogP contribution in [0.2, 0.25) is 0 Å². The number of sulfonamides is 1. The van der Waals surface area contributed by atoms with Crippen molar-refractivity contribution < 1.29 is 31.8 Å². The van der Waals surface area contributed by atoms with Gasteiger partial charge >= 0.3 is 5.97 Å². The first kappa shape index (κ1) is 29.1. The van der Waals surface area contributed by atoms with Crippen molar-refractivity contribution >= 4 is 28.4 Å². The highest BCUT2D eigenvalue weighted by Crippen LogP contribution is 2.36. The molecule has 1 aromatic carbocycles. The molecule has 1 aliphatic heterocycles. The van der Waals surface area contributed by atoms with E-state index in [1.54, 1.807) is 12.1 Å². The number of nitrogens with zero attached hydrogens (tertiary/aromatic N) is 1. The number of rotatable bonds is 8. The fraction of sp³-hybridized carbons (Fsp3) is 0.720. The van der Waals surface area contributed by atoms with Gasteiger partial charge in [0.25, 0.3) is 0 Å². The number of hydrogen-bond acceptors (Lipinski definition) is 5. The van der Waals surface area contributed by atoms with Crippen LogP contribution in [-0.2, 0) is 14.8 Å². The quantitative estimate of drug-likeness (QED) is 0.484. The lowest BCUT2D eigenvalue weighted by molar-refractivity contribution is -0.140. The molecule has 2 N–H and O–H groups in total. The minimum atomic E-state index is -4.02. The number of aliphatic carboxylic acids is 1. The van der Waals surface area contributed by atoms with E-state index in [9.17, 15) is 27.1 Å². The summed E-state index contributed by atoms with van der Waals surface area (Å²) >= 11 is 0. The molecule has 11 heteroatoms. The number of aryl methyl sites for hydroxylation is 1. The minimum absolute atomic E-state index is 0. The van der Waals surface area contributed by atoms with Crippen molar-refractivity contribution in [3.63, 3.8) is 0 Å². The highest BCUT2D eigenvalue weighted by atomic mass is 35.5. The molecule has 0 unspecified atom stereocenters. The molecule has 7 nitrogen and oxygen atoms in total. The molecular formula is C25H37ClF2N2O5S. The molecule has 1 heterocycles. The van der Waals surface area contributed by atoms with Gasteiger partial charge in [0.2, 0.25) is 15.9 Å². The van der Waals surface area contributed by atoms with Crippen molar-refractivity contribution in [3.8, 4) is 5.75 Å². The van der Waals surface area contributed by atoms with Gasteiger partial charge in [0.1, 0.15) is 16.7 Å². The second kappa shape index (κ2) is 11.9. The highest BCUT2D eigenvalue weighted by molar-refractivity contribution is 7.89. The number of alkyl halides is 2. The van der Waals surface area contributed by atoms with E-state index in [1.165, 1.54) is 6.07 Å². The average Bonchev–Trinajstić information content (AvgIpc) is 3.30. The Morgan fingerprint density at radius 1 is 1.17 bits per heavy atom. The van der Waals surface area contributed by atoms with Gasteiger partial charge in [-0.1, -0.05) is 6.07 Å². The monoisotopic (exact) mass is 550 g/mol. The van der Waals surface area contributed by atoms with Crippen LogP contribution in [0.3, 0.4) is 0 Å². The Balaban J connectivity index is 0.00000361. The summed E-state index contributed by atoms with van der Waals surface area (Å²) in [6.45, 7) is 2.78. The summed E-state index contributed by atoms with van der Waals surface area (Å²) in [5, 5.41) is 13.0. The first-order valence-electron chi connectivity index (χ1n) is 12.7. The Morgan fingerprint density at radius 3 is 2.58 bits per heavy atom. The standard InChI is InChI=1S/C25H36F2N2O5S.ClH/c1-17-7-8-23(35(32,33)29-13-3-6-21(29)24(30)31)22(14-17)34-20-5-2-4-18(15-20)16-28-19-9-11-25(26,27)12-10-19;/h7-8,14,18-21,28H,2-6,9-13,15-16H2,1H3,(H,30,31);1H/t18-,20+,21+;/m1./s1. The second-order valence-corrected chi connectivity index (χ2v) is 12.2. The summed E-state index contributed by atoms with van der Waals surface area (Å²) < 4.78 is 61.0. The number of carboxylic acids is 1. The summed E-state index contributed by atoms with van der Waals surface area (Å²) in [6, 6.07) is 3.99. The predicted octanol–water partition coefficient (Wildman–Crippen LogP) is 4.76. The predicted molar refractivity (Wildman–Crippen MR) is 135 cm³/mol. The molecule has 3 atom stereocenters. The van der Waals surface area contributed by atoms with Crippen LogP contribution in [0, 0.1) is 12.8 Å². The molecule has 1 aromatic rings. The Morgan fingerprint density at radius 2 is 1.89 bits per heavy atom. The Kier molecular flexibility index (Phi) is 9.63. The van der Waals surface area contributed by atoms with Crippen molar-refractivity contribution in [1.29, 1.82) is 0 Å². The summed E-state index contributed by atoms with van der Waals surface area (Å²) in [7, 11) is -4.02. The number of carbonyl (C=O) groups is 1. The van der Waals surface area contributed by atoms with Crippen molar-refractivity contribution in [1.82, 2.24) is 9.62 Å². The molecule has 204 valence electrons. The molecule has 4 rings (SSSR count). The van der Waals surface area contributed by atoms with Crippen molar-refractivity contribution in [3.05, 3.63) is 23.8 Å². The van der Waals surface area contributed by atoms with E-state index in [4.69, 9.17) is 4.74 Å². The zero-order chi connectivity index (χ0) is 25.2. The second-order valence-electron chi connectivity index (χ2n) is 10.4. The molecule has 0 amide bonds. The van der Waals surface area contributed by atoms with Crippen molar-refractivity contribution in [2.75, 3.05) is 13.1 Å². The maximum atomic E-state index is 13.4. The molecule has 0 bridgehead atoms. The summed E-state index contributed by atoms with van der Waals surface area (Å²) in [4.78, 5) is 11.6. The van der Waals surface area contributed by atoms with Crippen LogP contribution in [0.1, 0.15) is 69.8 Å². The zero-order valence-electron chi connectivity index (χ0n) is 20.6. The number of carboxylic acid groups (broad SMARTS) is 1. The Bertz CT molecular complexity index is 1020. The van der Waals surface area contributed by atoms with E-state index in [0.29, 0.717) is 31.6 Å². The molecule has 0 aromatic heterocycles. The normalized spacial score (nSPS) is 27.4. The van der Waals surface area contributed by atoms with Gasteiger partial charge < -0.3 is 15.2 Å². The van der Waals surface area contributed by atoms with Gasteiger partial charge in [-0.3, -0.25) is 4.79 Å². The smallest absolute Gasteiger partial charge is 0.322 e. The van der Waals surface area contributed by atoms with Crippen LogP contribution in [-0.4, -0.2) is 61.0 Å². The van der Waals surface area contributed by atoms with Gasteiger partial charge in [-0.15, -0.1) is 12.4 Å². The van der Waals surface area contributed by atoms with Crippen LogP contribution in [0.15, 0.2) is 23.1 Å². The lowest BCUT2D eigenvalue weighted by atomic mass is 9.86. The topological polar surface area (TPSA) is 95.9 Å². The van der Waals surface area contributed by atoms with Gasteiger partial charge in [0.05, 0.1) is 6.10 Å². The van der Waals surface area contributed by atoms with Crippen LogP contribution in [0.4, 0.5) is 8.78 Å². The fourth-order valence-electron chi connectivity index (χ4n) is 5.61. The van der Waals surface area contributed by atoms with Crippen molar-refractivity contribution in [2.24, 2.45) is 5.92 Å². The number of hydrogen-bond donors (Lipinski definition) is 2. The van der Waals surface area contributed by atoms with E-state index in [-0.39, 0.29) is 54.6 Å². The minimum Gasteiger partial charge on any atom is -0.489 e. The summed E-state index contributed by atoms with van der Waals surface area (Å²) in [5.74, 6) is -3.07. The molecule has 2 aliphatic carbocycles. The Labute approximate surface area is 218 Å². The fourth-order valence-corrected chi connectivity index (χ4v) is 7.37. The van der Waals surface area contributed by atoms with Gasteiger partial charge in [0, 0.05) is 25.4 Å². The molecule has 0 radical (unpaired) electrons. The molecule has 3 fully saturated rings. The number of nitrogens with one attached hydrogen (secondary N) is 1. The highest BCUT2D eigenvalue weighted by Gasteiger charge is 2.41. The molecule has 1 saturated heterocycles. The average molecular weight is 551 g/mol. The third-order valence-corrected chi connectivity index (χ3v) is 9.56. The number of ether oxygens (including phenoxy) is 1. The van der Waals surface area contributed by atoms with E-state index < -0.39 is 28.0 Å². The molecule has 36 heavy (non-hydrogen) atoms. The summed E-state index contributed by atoms with van der Waals surface area (Å²) in [6.07, 6.45) is 5.01. The third kappa shape index (κ3) is 6.88. The van der Waals surface area contributed by atoms with E-state index in [1.807, 2.05) is 6.92 Å². The number of halogens is 3. The molecule has 3 aliphatic rings. The van der Waals surface area contributed by atoms with E-state index in [2.05, 4.69) is 5.32 Å². The van der Waals surface area contributed by atoms with Gasteiger partial charge in [-0.05, 0) is 88.4 Å². The third-order valence-electron chi connectivity index (χ3n) is 7.62. The van der Waals surface area contributed by atoms with Crippen LogP contribution in [0.25, 0.3) is 0 Å². The lowest BCUT2D eigenvalue weighted by Gasteiger charge is -2.33. The maximum absolute atomic E-state index is 13.4. The summed E-state index contributed by atoms with van der Waals surface area (Å²) in [5.41, 5.74) is 0.860. The first-order chi connectivity index (χ1) is 16.5. The van der Waals surface area contributed by atoms with Crippen LogP contribution < -0.4 is 10.1 Å². The Hall–Kier alpha value is -1.49.